The van der Waals surface area contributed by atoms with Crippen molar-refractivity contribution in [2.45, 2.75) is 50.6 Å². The summed E-state index contributed by atoms with van der Waals surface area (Å²) < 4.78 is 50.9. The van der Waals surface area contributed by atoms with Gasteiger partial charge >= 0.3 is 6.01 Å². The standard InChI is InChI=1S/C33H33ClF2N6O3S/c1-17-13-33(7-2-8-41(33)15-17)16-45-32-39-27-24-28(44-11-6-18-5-10-43-12-9-42(18)31(24)40-32)25(34)23(26(27)36)19-3-4-21(35)29-22(19)20(14-37)30(38)46-29/h3-4,17-18H,2,5-13,15-16,38H2,1H3/t17-,18?,33+/m1/s1. The Morgan fingerprint density at radius 2 is 2.04 bits per heavy atom. The molecule has 0 amide bonds. The third kappa shape index (κ3) is 4.58. The van der Waals surface area contributed by atoms with Crippen molar-refractivity contribution < 1.29 is 23.0 Å². The van der Waals surface area contributed by atoms with E-state index in [1.54, 1.807) is 0 Å². The van der Waals surface area contributed by atoms with Crippen LogP contribution in [0.1, 0.15) is 44.6 Å². The summed E-state index contributed by atoms with van der Waals surface area (Å²) in [5.41, 5.74) is 6.27. The molecule has 46 heavy (non-hydrogen) atoms. The fourth-order valence-corrected chi connectivity index (χ4v) is 9.39. The van der Waals surface area contributed by atoms with Gasteiger partial charge in [0.2, 0.25) is 0 Å². The number of hydrogen-bond donors (Lipinski definition) is 1. The molecule has 2 aromatic heterocycles. The van der Waals surface area contributed by atoms with Gasteiger partial charge in [0, 0.05) is 43.1 Å². The third-order valence-corrected chi connectivity index (χ3v) is 11.5. The van der Waals surface area contributed by atoms with Gasteiger partial charge in [-0.2, -0.15) is 15.2 Å². The number of nitrogens with zero attached hydrogens (tertiary/aromatic N) is 5. The highest BCUT2D eigenvalue weighted by molar-refractivity contribution is 7.23. The van der Waals surface area contributed by atoms with E-state index < -0.39 is 11.6 Å². The summed E-state index contributed by atoms with van der Waals surface area (Å²) in [6, 6.07) is 4.84. The molecule has 0 radical (unpaired) electrons. The molecule has 1 unspecified atom stereocenters. The number of ether oxygens (including phenoxy) is 3. The van der Waals surface area contributed by atoms with Crippen LogP contribution in [0.4, 0.5) is 19.6 Å². The van der Waals surface area contributed by atoms with Crippen LogP contribution >= 0.6 is 22.9 Å². The van der Waals surface area contributed by atoms with Gasteiger partial charge in [-0.15, -0.1) is 11.3 Å². The lowest BCUT2D eigenvalue weighted by molar-refractivity contribution is 0.107. The van der Waals surface area contributed by atoms with Crippen LogP contribution in [-0.2, 0) is 4.74 Å². The van der Waals surface area contributed by atoms with E-state index in [-0.39, 0.29) is 65.7 Å². The molecule has 0 spiro atoms. The first-order chi connectivity index (χ1) is 22.3. The fourth-order valence-electron chi connectivity index (χ4n) is 8.11. The molecular weight excluding hydrogens is 634 g/mol. The molecule has 0 saturated carbocycles. The zero-order valence-corrected chi connectivity index (χ0v) is 26.9. The van der Waals surface area contributed by atoms with Crippen LogP contribution < -0.4 is 20.1 Å². The molecule has 8 rings (SSSR count). The molecule has 3 fully saturated rings. The minimum Gasteiger partial charge on any atom is -0.491 e. The molecular formula is C33H33ClF2N6O3S. The minimum atomic E-state index is -0.735. The van der Waals surface area contributed by atoms with Crippen molar-refractivity contribution in [3.8, 4) is 29.0 Å². The molecule has 9 nitrogen and oxygen atoms in total. The highest BCUT2D eigenvalue weighted by Crippen LogP contribution is 2.51. The van der Waals surface area contributed by atoms with Crippen LogP contribution in [0, 0.1) is 28.9 Å². The van der Waals surface area contributed by atoms with Gasteiger partial charge in [0.05, 0.1) is 39.4 Å². The van der Waals surface area contributed by atoms with Crippen molar-refractivity contribution in [1.82, 2.24) is 14.9 Å². The highest BCUT2D eigenvalue weighted by atomic mass is 35.5. The maximum atomic E-state index is 17.2. The first kappa shape index (κ1) is 29.9. The Labute approximate surface area is 273 Å². The number of thiophene rings is 1. The zero-order chi connectivity index (χ0) is 31.7. The predicted molar refractivity (Wildman–Crippen MR) is 174 cm³/mol. The Hall–Kier alpha value is -3.50. The number of nitriles is 1. The Kier molecular flexibility index (Phi) is 7.36. The Bertz CT molecular complexity index is 1930. The first-order valence-corrected chi connectivity index (χ1v) is 17.0. The van der Waals surface area contributed by atoms with E-state index in [1.807, 2.05) is 0 Å². The monoisotopic (exact) mass is 666 g/mol. The van der Waals surface area contributed by atoms with Crippen molar-refractivity contribution in [2.24, 2.45) is 5.92 Å². The maximum absolute atomic E-state index is 17.2. The van der Waals surface area contributed by atoms with Gasteiger partial charge in [-0.25, -0.2) is 8.78 Å². The average molecular weight is 667 g/mol. The van der Waals surface area contributed by atoms with Gasteiger partial charge in [-0.3, -0.25) is 4.90 Å². The van der Waals surface area contributed by atoms with Crippen molar-refractivity contribution in [3.05, 3.63) is 34.4 Å². The number of benzene rings is 2. The van der Waals surface area contributed by atoms with E-state index in [4.69, 9.17) is 41.5 Å². The van der Waals surface area contributed by atoms with Gasteiger partial charge in [-0.05, 0) is 49.8 Å². The fraction of sp³-hybridized carbons (Fsp3) is 0.485. The summed E-state index contributed by atoms with van der Waals surface area (Å²) in [5.74, 6) is -0.00816. The Morgan fingerprint density at radius 1 is 1.20 bits per heavy atom. The van der Waals surface area contributed by atoms with Crippen LogP contribution in [0.15, 0.2) is 12.1 Å². The SMILES string of the molecule is C[C@H]1CN2CCC[C@@]2(COc2nc3c4c(c(Cl)c(-c5ccc(F)c6sc(N)c(C#N)c56)c(F)c4n2)OCCC2CCOCCN32)C1. The highest BCUT2D eigenvalue weighted by Gasteiger charge is 2.48. The van der Waals surface area contributed by atoms with Gasteiger partial charge in [0.15, 0.2) is 11.6 Å². The summed E-state index contributed by atoms with van der Waals surface area (Å²) in [7, 11) is 0. The molecule has 0 aliphatic carbocycles. The third-order valence-electron chi connectivity index (χ3n) is 10.1. The summed E-state index contributed by atoms with van der Waals surface area (Å²) >= 11 is 8.01. The first-order valence-electron chi connectivity index (χ1n) is 15.8. The second-order valence-corrected chi connectivity index (χ2v) is 14.3. The number of fused-ring (bicyclic) bond motifs is 4. The Morgan fingerprint density at radius 3 is 2.89 bits per heavy atom. The molecule has 4 aliphatic heterocycles. The molecule has 0 bridgehead atoms. The van der Waals surface area contributed by atoms with Crippen LogP contribution in [0.2, 0.25) is 5.02 Å². The van der Waals surface area contributed by atoms with E-state index in [2.05, 4.69) is 22.8 Å². The second kappa shape index (κ2) is 11.3. The van der Waals surface area contributed by atoms with Crippen molar-refractivity contribution in [2.75, 3.05) is 56.7 Å². The molecule has 4 aromatic rings. The second-order valence-electron chi connectivity index (χ2n) is 12.9. The number of rotatable bonds is 4. The van der Waals surface area contributed by atoms with Crippen LogP contribution in [0.3, 0.4) is 0 Å². The van der Waals surface area contributed by atoms with E-state index in [9.17, 15) is 9.65 Å². The molecule has 3 saturated heterocycles. The number of anilines is 2. The van der Waals surface area contributed by atoms with Gasteiger partial charge in [0.25, 0.3) is 0 Å². The molecule has 240 valence electrons. The number of hydrogen-bond acceptors (Lipinski definition) is 10. The van der Waals surface area contributed by atoms with Gasteiger partial charge < -0.3 is 24.8 Å². The lowest BCUT2D eigenvalue weighted by Crippen LogP contribution is -2.43. The van der Waals surface area contributed by atoms with E-state index >= 15 is 4.39 Å². The summed E-state index contributed by atoms with van der Waals surface area (Å²) in [5, 5.41) is 10.6. The Balaban J connectivity index is 1.36. The minimum absolute atomic E-state index is 0.00459. The van der Waals surface area contributed by atoms with Crippen LogP contribution in [0.5, 0.6) is 11.8 Å². The van der Waals surface area contributed by atoms with Crippen LogP contribution in [-0.4, -0.2) is 72.5 Å². The van der Waals surface area contributed by atoms with E-state index in [1.165, 1.54) is 12.1 Å². The van der Waals surface area contributed by atoms with Gasteiger partial charge in [-0.1, -0.05) is 24.6 Å². The summed E-state index contributed by atoms with van der Waals surface area (Å²) in [6.07, 6.45) is 4.59. The van der Waals surface area contributed by atoms with Crippen LogP contribution in [0.25, 0.3) is 32.1 Å². The lowest BCUT2D eigenvalue weighted by atomic mass is 9.92. The number of halogens is 3. The zero-order valence-electron chi connectivity index (χ0n) is 25.4. The summed E-state index contributed by atoms with van der Waals surface area (Å²) in [6.45, 7) is 6.69. The topological polar surface area (TPSA) is 110 Å². The van der Waals surface area contributed by atoms with E-state index in [0.717, 1.165) is 50.1 Å². The normalized spacial score (nSPS) is 24.6. The molecule has 3 atom stereocenters. The van der Waals surface area contributed by atoms with E-state index in [0.29, 0.717) is 56.5 Å². The molecule has 6 heterocycles. The number of aromatic nitrogens is 2. The lowest BCUT2D eigenvalue weighted by Gasteiger charge is -2.34. The van der Waals surface area contributed by atoms with Crippen molar-refractivity contribution in [3.63, 3.8) is 0 Å². The molecule has 2 N–H and O–H groups in total. The molecule has 13 heteroatoms. The number of nitrogens with two attached hydrogens (primary N) is 1. The predicted octanol–water partition coefficient (Wildman–Crippen LogP) is 6.53. The average Bonchev–Trinajstić information content (AvgIpc) is 3.61. The van der Waals surface area contributed by atoms with Crippen molar-refractivity contribution >= 4 is 54.7 Å². The van der Waals surface area contributed by atoms with Crippen molar-refractivity contribution in [1.29, 1.82) is 5.26 Å². The maximum Gasteiger partial charge on any atom is 0.319 e. The quantitative estimate of drug-likeness (QED) is 0.260. The number of nitrogen functional groups attached to an aromatic ring is 1. The summed E-state index contributed by atoms with van der Waals surface area (Å²) in [4.78, 5) is 14.3. The largest absolute Gasteiger partial charge is 0.491 e. The molecule has 4 aliphatic rings. The van der Waals surface area contributed by atoms with Gasteiger partial charge in [0.1, 0.15) is 34.8 Å². The molecule has 2 aromatic carbocycles. The smallest absolute Gasteiger partial charge is 0.319 e.